The summed E-state index contributed by atoms with van der Waals surface area (Å²) < 4.78 is 7.56. The van der Waals surface area contributed by atoms with Gasteiger partial charge in [-0.15, -0.1) is 0 Å². The van der Waals surface area contributed by atoms with Crippen molar-refractivity contribution in [2.24, 2.45) is 4.99 Å². The van der Waals surface area contributed by atoms with Gasteiger partial charge in [0.25, 0.3) is 5.56 Å². The summed E-state index contributed by atoms with van der Waals surface area (Å²) in [5.41, 5.74) is 2.47. The molecule has 4 aromatic rings. The molecule has 32 heavy (non-hydrogen) atoms. The number of allylic oxidation sites excluding steroid dienone is 1. The fourth-order valence-electron chi connectivity index (χ4n) is 4.15. The Balaban J connectivity index is 1.83. The number of aromatic nitrogens is 2. The minimum absolute atomic E-state index is 0.185. The first-order valence-corrected chi connectivity index (χ1v) is 11.2. The Labute approximate surface area is 187 Å². The van der Waals surface area contributed by atoms with E-state index >= 15 is 0 Å². The lowest BCUT2D eigenvalue weighted by atomic mass is 9.91. The van der Waals surface area contributed by atoms with Gasteiger partial charge in [-0.1, -0.05) is 53.8 Å². The summed E-state index contributed by atoms with van der Waals surface area (Å²) in [4.78, 5) is 34.9. The first-order chi connectivity index (χ1) is 15.6. The quantitative estimate of drug-likeness (QED) is 0.492. The molecule has 6 nitrogen and oxygen atoms in total. The summed E-state index contributed by atoms with van der Waals surface area (Å²) in [5, 5.41) is 2.02. The van der Waals surface area contributed by atoms with Crippen LogP contribution < -0.4 is 14.9 Å². The molecular weight excluding hydrogens is 422 g/mol. The predicted octanol–water partition coefficient (Wildman–Crippen LogP) is 3.28. The number of fused-ring (bicyclic) bond motifs is 2. The number of esters is 1. The number of nitrogens with one attached hydrogen (secondary N) is 1. The lowest BCUT2D eigenvalue weighted by Gasteiger charge is -2.25. The van der Waals surface area contributed by atoms with Crippen LogP contribution in [0.5, 0.6) is 0 Å². The molecule has 1 N–H and O–H groups in total. The second kappa shape index (κ2) is 8.09. The molecule has 5 rings (SSSR count). The van der Waals surface area contributed by atoms with Crippen LogP contribution in [0.15, 0.2) is 81.9 Å². The molecule has 0 fully saturated rings. The number of hydrogen-bond donors (Lipinski definition) is 1. The van der Waals surface area contributed by atoms with E-state index in [2.05, 4.69) is 9.98 Å². The molecule has 1 atom stereocenters. The van der Waals surface area contributed by atoms with Crippen molar-refractivity contribution in [3.05, 3.63) is 103 Å². The Bertz CT molecular complexity index is 1540. The van der Waals surface area contributed by atoms with Crippen LogP contribution in [0.3, 0.4) is 0 Å². The normalized spacial score (nSPS) is 16.2. The minimum atomic E-state index is -0.623. The molecule has 0 aliphatic carbocycles. The highest BCUT2D eigenvalue weighted by Crippen LogP contribution is 2.34. The van der Waals surface area contributed by atoms with Gasteiger partial charge in [-0.3, -0.25) is 9.36 Å². The molecule has 0 saturated heterocycles. The van der Waals surface area contributed by atoms with Crippen LogP contribution in [-0.2, 0) is 9.53 Å². The van der Waals surface area contributed by atoms with Gasteiger partial charge >= 0.3 is 5.97 Å². The van der Waals surface area contributed by atoms with E-state index in [0.29, 0.717) is 20.6 Å². The molecule has 2 aromatic heterocycles. The average Bonchev–Trinajstić information content (AvgIpc) is 3.41. The van der Waals surface area contributed by atoms with Crippen molar-refractivity contribution in [3.8, 4) is 0 Å². The van der Waals surface area contributed by atoms with Crippen LogP contribution in [0.4, 0.5) is 0 Å². The van der Waals surface area contributed by atoms with Gasteiger partial charge < -0.3 is 9.72 Å². The third-order valence-electron chi connectivity index (χ3n) is 5.54. The third kappa shape index (κ3) is 3.31. The molecular formula is C25H21N3O3S. The van der Waals surface area contributed by atoms with Crippen molar-refractivity contribution in [1.82, 2.24) is 9.55 Å². The van der Waals surface area contributed by atoms with E-state index < -0.39 is 12.0 Å². The lowest BCUT2D eigenvalue weighted by Crippen LogP contribution is -2.40. The minimum Gasteiger partial charge on any atom is -0.463 e. The zero-order valence-corrected chi connectivity index (χ0v) is 18.5. The van der Waals surface area contributed by atoms with E-state index in [9.17, 15) is 9.59 Å². The molecule has 7 heteroatoms. The van der Waals surface area contributed by atoms with E-state index in [1.807, 2.05) is 66.9 Å². The van der Waals surface area contributed by atoms with E-state index in [-0.39, 0.29) is 12.2 Å². The van der Waals surface area contributed by atoms with Crippen molar-refractivity contribution >= 4 is 34.2 Å². The number of benzene rings is 2. The summed E-state index contributed by atoms with van der Waals surface area (Å²) in [7, 11) is 0. The Hall–Kier alpha value is -3.71. The number of ether oxygens (including phenoxy) is 1. The first kappa shape index (κ1) is 20.2. The summed E-state index contributed by atoms with van der Waals surface area (Å²) in [6.07, 6.45) is 3.62. The molecule has 0 bridgehead atoms. The van der Waals surface area contributed by atoms with Crippen molar-refractivity contribution in [2.75, 3.05) is 6.61 Å². The summed E-state index contributed by atoms with van der Waals surface area (Å²) in [6, 6.07) is 17.1. The monoisotopic (exact) mass is 443 g/mol. The number of carbonyl (C=O) groups excluding carboxylic acids is 1. The summed E-state index contributed by atoms with van der Waals surface area (Å²) in [5.74, 6) is -0.453. The van der Waals surface area contributed by atoms with Gasteiger partial charge in [0.15, 0.2) is 4.80 Å². The number of hydrogen-bond acceptors (Lipinski definition) is 5. The first-order valence-electron chi connectivity index (χ1n) is 10.4. The zero-order chi connectivity index (χ0) is 22.2. The number of aromatic amines is 1. The second-order valence-corrected chi connectivity index (χ2v) is 8.51. The van der Waals surface area contributed by atoms with Crippen LogP contribution in [-0.4, -0.2) is 22.1 Å². The molecule has 1 aliphatic heterocycles. The Morgan fingerprint density at radius 2 is 2.00 bits per heavy atom. The van der Waals surface area contributed by atoms with Crippen molar-refractivity contribution in [3.63, 3.8) is 0 Å². The van der Waals surface area contributed by atoms with E-state index in [4.69, 9.17) is 4.74 Å². The average molecular weight is 444 g/mol. The fraction of sp³-hybridized carbons (Fsp3) is 0.160. The summed E-state index contributed by atoms with van der Waals surface area (Å²) in [6.45, 7) is 3.81. The number of thiazole rings is 1. The van der Waals surface area contributed by atoms with Gasteiger partial charge in [-0.05, 0) is 48.4 Å². The van der Waals surface area contributed by atoms with Gasteiger partial charge in [0.05, 0.1) is 28.5 Å². The SMILES string of the molecule is CCOC(=O)C1=C(C)N=c2sc(=Cc3ccc[nH]3)c(=O)n2C1c1cccc2ccccc12. The molecule has 1 unspecified atom stereocenters. The van der Waals surface area contributed by atoms with Crippen LogP contribution >= 0.6 is 11.3 Å². The number of rotatable bonds is 4. The molecule has 2 aromatic carbocycles. The Morgan fingerprint density at radius 3 is 2.78 bits per heavy atom. The molecule has 0 spiro atoms. The van der Waals surface area contributed by atoms with Gasteiger partial charge in [-0.2, -0.15) is 0 Å². The van der Waals surface area contributed by atoms with Crippen LogP contribution in [0.25, 0.3) is 16.8 Å². The Morgan fingerprint density at radius 1 is 1.19 bits per heavy atom. The van der Waals surface area contributed by atoms with E-state index in [0.717, 1.165) is 22.0 Å². The molecule has 3 heterocycles. The second-order valence-electron chi connectivity index (χ2n) is 7.50. The number of carbonyl (C=O) groups is 1. The lowest BCUT2D eigenvalue weighted by molar-refractivity contribution is -0.139. The smallest absolute Gasteiger partial charge is 0.338 e. The molecule has 1 aliphatic rings. The highest BCUT2D eigenvalue weighted by Gasteiger charge is 2.34. The maximum atomic E-state index is 13.6. The van der Waals surface area contributed by atoms with Crippen molar-refractivity contribution in [2.45, 2.75) is 19.9 Å². The standard InChI is InChI=1S/C25H21N3O3S/c1-3-31-24(30)21-15(2)27-25-28(23(29)20(32-25)14-17-10-7-13-26-17)22(21)19-12-6-9-16-8-4-5-11-18(16)19/h4-14,22,26H,3H2,1-2H3. The third-order valence-corrected chi connectivity index (χ3v) is 6.53. The molecule has 0 saturated carbocycles. The summed E-state index contributed by atoms with van der Waals surface area (Å²) >= 11 is 1.32. The van der Waals surface area contributed by atoms with Gasteiger partial charge in [-0.25, -0.2) is 9.79 Å². The topological polar surface area (TPSA) is 76.4 Å². The maximum Gasteiger partial charge on any atom is 0.338 e. The highest BCUT2D eigenvalue weighted by atomic mass is 32.1. The number of H-pyrrole nitrogens is 1. The zero-order valence-electron chi connectivity index (χ0n) is 17.7. The highest BCUT2D eigenvalue weighted by molar-refractivity contribution is 7.07. The molecule has 160 valence electrons. The van der Waals surface area contributed by atoms with E-state index in [1.54, 1.807) is 18.4 Å². The fourth-order valence-corrected chi connectivity index (χ4v) is 5.19. The maximum absolute atomic E-state index is 13.6. The van der Waals surface area contributed by atoms with E-state index in [1.165, 1.54) is 11.3 Å². The number of nitrogens with zero attached hydrogens (tertiary/aromatic N) is 2. The van der Waals surface area contributed by atoms with Gasteiger partial charge in [0, 0.05) is 11.9 Å². The van der Waals surface area contributed by atoms with Gasteiger partial charge in [0.1, 0.15) is 0 Å². The van der Waals surface area contributed by atoms with Crippen LogP contribution in [0.1, 0.15) is 31.1 Å². The predicted molar refractivity (Wildman–Crippen MR) is 125 cm³/mol. The Kier molecular flexibility index (Phi) is 5.11. The van der Waals surface area contributed by atoms with Gasteiger partial charge in [0.2, 0.25) is 0 Å². The van der Waals surface area contributed by atoms with Crippen molar-refractivity contribution in [1.29, 1.82) is 0 Å². The van der Waals surface area contributed by atoms with Crippen molar-refractivity contribution < 1.29 is 9.53 Å². The van der Waals surface area contributed by atoms with Crippen LogP contribution in [0.2, 0.25) is 0 Å². The molecule has 0 amide bonds. The molecule has 0 radical (unpaired) electrons. The van der Waals surface area contributed by atoms with Crippen LogP contribution in [0, 0.1) is 0 Å². The largest absolute Gasteiger partial charge is 0.463 e.